The lowest BCUT2D eigenvalue weighted by Gasteiger charge is -2.05. The van der Waals surface area contributed by atoms with Crippen LogP contribution in [0.5, 0.6) is 11.5 Å². The molecule has 0 aliphatic carbocycles. The van der Waals surface area contributed by atoms with E-state index in [9.17, 15) is 19.8 Å². The summed E-state index contributed by atoms with van der Waals surface area (Å²) in [6.45, 7) is 0. The third-order valence-corrected chi connectivity index (χ3v) is 2.78. The quantitative estimate of drug-likeness (QED) is 0.591. The van der Waals surface area contributed by atoms with Gasteiger partial charge in [-0.25, -0.2) is 0 Å². The first-order valence-electron chi connectivity index (χ1n) is 4.92. The number of hydrogen-bond donors (Lipinski definition) is 3. The van der Waals surface area contributed by atoms with E-state index in [-0.39, 0.29) is 22.6 Å². The largest absolute Gasteiger partial charge is 0.508 e. The molecule has 17 heavy (non-hydrogen) atoms. The lowest BCUT2D eigenvalue weighted by atomic mass is 9.99. The Labute approximate surface area is 95.3 Å². The summed E-state index contributed by atoms with van der Waals surface area (Å²) in [5.41, 5.74) is 0.151. The molecule has 0 spiro atoms. The molecule has 5 heteroatoms. The van der Waals surface area contributed by atoms with Crippen molar-refractivity contribution in [1.29, 1.82) is 0 Å². The highest BCUT2D eigenvalue weighted by molar-refractivity contribution is 6.27. The smallest absolute Gasteiger partial charge is 0.262 e. The van der Waals surface area contributed by atoms with Gasteiger partial charge >= 0.3 is 0 Å². The summed E-state index contributed by atoms with van der Waals surface area (Å²) < 4.78 is 0. The van der Waals surface area contributed by atoms with E-state index in [0.717, 1.165) is 0 Å². The van der Waals surface area contributed by atoms with Crippen LogP contribution < -0.4 is 5.32 Å². The molecule has 0 aromatic heterocycles. The molecule has 0 bridgehead atoms. The van der Waals surface area contributed by atoms with Gasteiger partial charge in [-0.2, -0.15) is 0 Å². The number of carbonyl (C=O) groups is 2. The van der Waals surface area contributed by atoms with Crippen molar-refractivity contribution in [3.63, 3.8) is 0 Å². The number of amides is 2. The van der Waals surface area contributed by atoms with Crippen molar-refractivity contribution in [3.8, 4) is 11.5 Å². The van der Waals surface area contributed by atoms with Crippen LogP contribution >= 0.6 is 0 Å². The van der Waals surface area contributed by atoms with Gasteiger partial charge in [-0.05, 0) is 35.0 Å². The maximum absolute atomic E-state index is 11.6. The first-order chi connectivity index (χ1) is 8.08. The van der Waals surface area contributed by atoms with E-state index in [0.29, 0.717) is 10.8 Å². The molecule has 2 aromatic carbocycles. The van der Waals surface area contributed by atoms with Gasteiger partial charge in [0.1, 0.15) is 11.5 Å². The maximum Gasteiger partial charge on any atom is 0.262 e. The van der Waals surface area contributed by atoms with Crippen molar-refractivity contribution in [1.82, 2.24) is 5.32 Å². The Hall–Kier alpha value is -2.56. The van der Waals surface area contributed by atoms with E-state index >= 15 is 0 Å². The number of benzene rings is 2. The maximum atomic E-state index is 11.6. The van der Waals surface area contributed by atoms with Gasteiger partial charge in [-0.1, -0.05) is 0 Å². The molecule has 0 saturated heterocycles. The molecule has 0 unspecified atom stereocenters. The number of phenols is 2. The molecule has 1 heterocycles. The number of fused-ring (bicyclic) bond motifs is 3. The number of hydrogen-bond acceptors (Lipinski definition) is 4. The average Bonchev–Trinajstić information content (AvgIpc) is 2.55. The van der Waals surface area contributed by atoms with Gasteiger partial charge in [-0.15, -0.1) is 0 Å². The number of nitrogens with one attached hydrogen (secondary N) is 1. The Morgan fingerprint density at radius 3 is 2.41 bits per heavy atom. The van der Waals surface area contributed by atoms with Crippen LogP contribution in [0.25, 0.3) is 10.8 Å². The van der Waals surface area contributed by atoms with E-state index in [2.05, 4.69) is 5.32 Å². The Kier molecular flexibility index (Phi) is 1.69. The van der Waals surface area contributed by atoms with Gasteiger partial charge < -0.3 is 10.2 Å². The second-order valence-corrected chi connectivity index (χ2v) is 3.83. The van der Waals surface area contributed by atoms with Crippen LogP contribution in [0.3, 0.4) is 0 Å². The Morgan fingerprint density at radius 1 is 0.941 bits per heavy atom. The molecule has 0 fully saturated rings. The molecule has 84 valence electrons. The van der Waals surface area contributed by atoms with Crippen LogP contribution in [0.15, 0.2) is 24.3 Å². The number of carbonyl (C=O) groups excluding carboxylic acids is 2. The van der Waals surface area contributed by atoms with E-state index in [1.807, 2.05) is 0 Å². The van der Waals surface area contributed by atoms with Gasteiger partial charge in [0.05, 0.1) is 11.1 Å². The molecule has 5 nitrogen and oxygen atoms in total. The lowest BCUT2D eigenvalue weighted by Crippen LogP contribution is -2.20. The van der Waals surface area contributed by atoms with Gasteiger partial charge in [0.25, 0.3) is 11.8 Å². The van der Waals surface area contributed by atoms with Gasteiger partial charge in [-0.3, -0.25) is 14.9 Å². The van der Waals surface area contributed by atoms with E-state index < -0.39 is 11.8 Å². The van der Waals surface area contributed by atoms with Crippen LogP contribution in [-0.2, 0) is 0 Å². The van der Waals surface area contributed by atoms with Gasteiger partial charge in [0.2, 0.25) is 0 Å². The van der Waals surface area contributed by atoms with E-state index in [1.165, 1.54) is 18.2 Å². The van der Waals surface area contributed by atoms with E-state index in [1.54, 1.807) is 6.07 Å². The predicted molar refractivity (Wildman–Crippen MR) is 59.1 cm³/mol. The van der Waals surface area contributed by atoms with Gasteiger partial charge in [0, 0.05) is 0 Å². The molecule has 1 aliphatic heterocycles. The van der Waals surface area contributed by atoms with Crippen LogP contribution in [0, 0.1) is 0 Å². The van der Waals surface area contributed by atoms with Crippen LogP contribution in [-0.4, -0.2) is 22.0 Å². The molecule has 0 saturated carbocycles. The normalized spacial score (nSPS) is 13.9. The molecule has 0 atom stereocenters. The number of phenolic OH excluding ortho intramolecular Hbond substituents is 2. The Morgan fingerprint density at radius 2 is 1.65 bits per heavy atom. The standard InChI is InChI=1S/C12H7NO4/c14-6-1-2-7-5(3-6)4-8(15)10-9(7)11(16)13-12(10)17/h1-4,14-15H,(H,13,16,17). The van der Waals surface area contributed by atoms with E-state index in [4.69, 9.17) is 0 Å². The van der Waals surface area contributed by atoms with Crippen molar-refractivity contribution in [2.45, 2.75) is 0 Å². The molecule has 2 amide bonds. The SMILES string of the molecule is O=C1NC(=O)c2c1c(O)cc1cc(O)ccc21. The zero-order chi connectivity index (χ0) is 12.2. The molecular formula is C12H7NO4. The second-order valence-electron chi connectivity index (χ2n) is 3.83. The average molecular weight is 229 g/mol. The third kappa shape index (κ3) is 1.19. The van der Waals surface area contributed by atoms with Crippen LogP contribution in [0.1, 0.15) is 20.7 Å². The Bertz CT molecular complexity index is 690. The molecular weight excluding hydrogens is 222 g/mol. The zero-order valence-corrected chi connectivity index (χ0v) is 8.52. The van der Waals surface area contributed by atoms with Crippen molar-refractivity contribution in [2.24, 2.45) is 0 Å². The number of aromatic hydroxyl groups is 2. The minimum atomic E-state index is -0.600. The number of rotatable bonds is 0. The summed E-state index contributed by atoms with van der Waals surface area (Å²) >= 11 is 0. The molecule has 2 aromatic rings. The van der Waals surface area contributed by atoms with Crippen LogP contribution in [0.2, 0.25) is 0 Å². The second kappa shape index (κ2) is 2.98. The Balaban J connectivity index is 2.51. The number of imide groups is 1. The van der Waals surface area contributed by atoms with Crippen LogP contribution in [0.4, 0.5) is 0 Å². The molecule has 1 aliphatic rings. The monoisotopic (exact) mass is 229 g/mol. The summed E-state index contributed by atoms with van der Waals surface area (Å²) in [6.07, 6.45) is 0. The fourth-order valence-electron chi connectivity index (χ4n) is 2.07. The first-order valence-corrected chi connectivity index (χ1v) is 4.92. The summed E-state index contributed by atoms with van der Waals surface area (Å²) in [5.74, 6) is -1.36. The topological polar surface area (TPSA) is 86.6 Å². The lowest BCUT2D eigenvalue weighted by molar-refractivity contribution is 0.0879. The van der Waals surface area contributed by atoms with Crippen molar-refractivity contribution in [3.05, 3.63) is 35.4 Å². The summed E-state index contributed by atoms with van der Waals surface area (Å²) in [4.78, 5) is 23.1. The highest BCUT2D eigenvalue weighted by Gasteiger charge is 2.31. The zero-order valence-electron chi connectivity index (χ0n) is 8.52. The first kappa shape index (κ1) is 9.65. The fraction of sp³-hybridized carbons (Fsp3) is 0. The highest BCUT2D eigenvalue weighted by atomic mass is 16.3. The van der Waals surface area contributed by atoms with Crippen molar-refractivity contribution < 1.29 is 19.8 Å². The summed E-state index contributed by atoms with van der Waals surface area (Å²) in [7, 11) is 0. The van der Waals surface area contributed by atoms with Gasteiger partial charge in [0.15, 0.2) is 0 Å². The summed E-state index contributed by atoms with van der Waals surface area (Å²) in [5, 5.41) is 22.2. The molecule has 3 rings (SSSR count). The minimum Gasteiger partial charge on any atom is -0.508 e. The highest BCUT2D eigenvalue weighted by Crippen LogP contribution is 2.34. The minimum absolute atomic E-state index is 0.00631. The van der Waals surface area contributed by atoms with Crippen molar-refractivity contribution in [2.75, 3.05) is 0 Å². The molecule has 3 N–H and O–H groups in total. The van der Waals surface area contributed by atoms with Crippen molar-refractivity contribution >= 4 is 22.6 Å². The fourth-order valence-corrected chi connectivity index (χ4v) is 2.07. The molecule has 0 radical (unpaired) electrons. The third-order valence-electron chi connectivity index (χ3n) is 2.78. The summed E-state index contributed by atoms with van der Waals surface area (Å²) in [6, 6.07) is 5.74. The predicted octanol–water partition coefficient (Wildman–Crippen LogP) is 1.13.